The summed E-state index contributed by atoms with van der Waals surface area (Å²) in [5.74, 6) is 1.43. The number of hydrogen-bond acceptors (Lipinski definition) is 4. The van der Waals surface area contributed by atoms with E-state index in [2.05, 4.69) is 30.8 Å². The number of nitrogens with zero attached hydrogens (tertiary/aromatic N) is 4. The highest BCUT2D eigenvalue weighted by atomic mass is 79.9. The van der Waals surface area contributed by atoms with Crippen molar-refractivity contribution in [3.05, 3.63) is 16.9 Å². The van der Waals surface area contributed by atoms with Crippen LogP contribution in [0.4, 0.5) is 5.95 Å². The first-order valence-corrected chi connectivity index (χ1v) is 7.93. The molecule has 0 aromatic carbocycles. The van der Waals surface area contributed by atoms with Crippen LogP contribution in [0.3, 0.4) is 0 Å². The molecule has 0 N–H and O–H groups in total. The second-order valence-corrected chi connectivity index (χ2v) is 6.56. The summed E-state index contributed by atoms with van der Waals surface area (Å²) in [6.45, 7) is 1.82. The quantitative estimate of drug-likeness (QED) is 0.846. The predicted molar refractivity (Wildman–Crippen MR) is 80.5 cm³/mol. The lowest BCUT2D eigenvalue weighted by Crippen LogP contribution is -2.46. The van der Waals surface area contributed by atoms with E-state index in [-0.39, 0.29) is 0 Å². The van der Waals surface area contributed by atoms with Gasteiger partial charge in [-0.2, -0.15) is 0 Å². The van der Waals surface area contributed by atoms with Crippen molar-refractivity contribution in [2.75, 3.05) is 25.0 Å². The fourth-order valence-electron chi connectivity index (χ4n) is 2.72. The Morgan fingerprint density at radius 1 is 1.25 bits per heavy atom. The first-order valence-electron chi connectivity index (χ1n) is 7.14. The van der Waals surface area contributed by atoms with Gasteiger partial charge in [0.05, 0.1) is 4.47 Å². The maximum absolute atomic E-state index is 12.1. The minimum absolute atomic E-state index is 0.313. The molecular weight excluding hydrogens is 320 g/mol. The number of rotatable bonds is 3. The molecule has 3 rings (SSSR count). The van der Waals surface area contributed by atoms with Crippen LogP contribution in [0, 0.1) is 5.92 Å². The van der Waals surface area contributed by atoms with Crippen molar-refractivity contribution < 1.29 is 4.79 Å². The summed E-state index contributed by atoms with van der Waals surface area (Å²) < 4.78 is 0.894. The van der Waals surface area contributed by atoms with E-state index in [1.807, 2.05) is 11.9 Å². The largest absolute Gasteiger partial charge is 0.342 e. The minimum atomic E-state index is 0.313. The van der Waals surface area contributed by atoms with Crippen molar-refractivity contribution in [2.24, 2.45) is 5.92 Å². The number of amides is 1. The summed E-state index contributed by atoms with van der Waals surface area (Å²) in [7, 11) is 1.96. The monoisotopic (exact) mass is 338 g/mol. The number of hydrogen-bond donors (Lipinski definition) is 0. The van der Waals surface area contributed by atoms with Crippen LogP contribution in [0.2, 0.25) is 0 Å². The third-order valence-corrected chi connectivity index (χ3v) is 4.59. The smallest absolute Gasteiger partial charge is 0.225 e. The Kier molecular flexibility index (Phi) is 3.92. The second-order valence-electron chi connectivity index (χ2n) is 5.64. The van der Waals surface area contributed by atoms with Gasteiger partial charge in [0, 0.05) is 44.5 Å². The molecule has 6 heteroatoms. The highest BCUT2D eigenvalue weighted by Gasteiger charge is 2.35. The molecule has 1 saturated carbocycles. The Morgan fingerprint density at radius 2 is 1.85 bits per heavy atom. The van der Waals surface area contributed by atoms with E-state index in [0.29, 0.717) is 17.9 Å². The lowest BCUT2D eigenvalue weighted by molar-refractivity contribution is -0.133. The van der Waals surface area contributed by atoms with Gasteiger partial charge in [0.25, 0.3) is 0 Å². The van der Waals surface area contributed by atoms with E-state index in [1.165, 1.54) is 0 Å². The number of piperidine rings is 1. The molecular formula is C14H19BrN4O. The third kappa shape index (κ3) is 2.95. The van der Waals surface area contributed by atoms with Crippen molar-refractivity contribution in [1.29, 1.82) is 0 Å². The molecule has 0 radical (unpaired) electrons. The van der Waals surface area contributed by atoms with Crippen molar-refractivity contribution in [3.8, 4) is 0 Å². The summed E-state index contributed by atoms with van der Waals surface area (Å²) in [5.41, 5.74) is 0. The Balaban J connectivity index is 1.56. The van der Waals surface area contributed by atoms with E-state index >= 15 is 0 Å². The number of halogens is 1. The highest BCUT2D eigenvalue weighted by Crippen LogP contribution is 2.32. The molecule has 20 heavy (non-hydrogen) atoms. The van der Waals surface area contributed by atoms with Crippen molar-refractivity contribution in [1.82, 2.24) is 14.9 Å². The normalized spacial score (nSPS) is 20.0. The van der Waals surface area contributed by atoms with E-state index in [1.54, 1.807) is 12.4 Å². The Hall–Kier alpha value is -1.17. The van der Waals surface area contributed by atoms with Gasteiger partial charge in [-0.3, -0.25) is 4.79 Å². The lowest BCUT2D eigenvalue weighted by atomic mass is 10.0. The van der Waals surface area contributed by atoms with Crippen LogP contribution in [0.5, 0.6) is 0 Å². The van der Waals surface area contributed by atoms with Crippen LogP contribution in [-0.4, -0.2) is 47.0 Å². The molecule has 1 aliphatic carbocycles. The molecule has 5 nitrogen and oxygen atoms in total. The van der Waals surface area contributed by atoms with Gasteiger partial charge in [-0.1, -0.05) is 0 Å². The summed E-state index contributed by atoms with van der Waals surface area (Å²) in [6, 6.07) is 0.370. The molecule has 0 atom stereocenters. The van der Waals surface area contributed by atoms with E-state index in [9.17, 15) is 4.79 Å². The average molecular weight is 339 g/mol. The van der Waals surface area contributed by atoms with E-state index < -0.39 is 0 Å². The van der Waals surface area contributed by atoms with Crippen LogP contribution in [0.1, 0.15) is 25.7 Å². The fourth-order valence-corrected chi connectivity index (χ4v) is 2.92. The number of aromatic nitrogens is 2. The van der Waals surface area contributed by atoms with Crippen molar-refractivity contribution >= 4 is 27.8 Å². The van der Waals surface area contributed by atoms with E-state index in [0.717, 1.165) is 49.2 Å². The SMILES string of the molecule is CN(C(=O)C1CC1)C1CCN(c2ncc(Br)cn2)CC1. The maximum Gasteiger partial charge on any atom is 0.225 e. The molecule has 2 aliphatic rings. The van der Waals surface area contributed by atoms with E-state index in [4.69, 9.17) is 0 Å². The molecule has 1 aromatic rings. The molecule has 0 spiro atoms. The standard InChI is InChI=1S/C14H19BrN4O/c1-18(13(20)10-2-3-10)12-4-6-19(7-5-12)14-16-8-11(15)9-17-14/h8-10,12H,2-7H2,1H3. The highest BCUT2D eigenvalue weighted by molar-refractivity contribution is 9.10. The Bertz CT molecular complexity index is 480. The van der Waals surface area contributed by atoms with Crippen LogP contribution in [0.25, 0.3) is 0 Å². The maximum atomic E-state index is 12.1. The molecule has 108 valence electrons. The predicted octanol–water partition coefficient (Wildman–Crippen LogP) is 2.08. The lowest BCUT2D eigenvalue weighted by Gasteiger charge is -2.36. The molecule has 2 fully saturated rings. The first-order chi connectivity index (χ1) is 9.65. The zero-order valence-electron chi connectivity index (χ0n) is 11.6. The second kappa shape index (κ2) is 5.68. The summed E-state index contributed by atoms with van der Waals surface area (Å²) >= 11 is 3.35. The third-order valence-electron chi connectivity index (χ3n) is 4.18. The Labute approximate surface area is 127 Å². The topological polar surface area (TPSA) is 49.3 Å². The van der Waals surface area contributed by atoms with Crippen LogP contribution < -0.4 is 4.90 Å². The minimum Gasteiger partial charge on any atom is -0.342 e. The van der Waals surface area contributed by atoms with Gasteiger partial charge < -0.3 is 9.80 Å². The van der Waals surface area contributed by atoms with Gasteiger partial charge in [-0.15, -0.1) is 0 Å². The summed E-state index contributed by atoms with van der Waals surface area (Å²) in [6.07, 6.45) is 7.70. The van der Waals surface area contributed by atoms with Crippen molar-refractivity contribution in [3.63, 3.8) is 0 Å². The van der Waals surface area contributed by atoms with Gasteiger partial charge in [0.1, 0.15) is 0 Å². The molecule has 2 heterocycles. The zero-order chi connectivity index (χ0) is 14.1. The average Bonchev–Trinajstić information content (AvgIpc) is 3.31. The number of anilines is 1. The van der Waals surface area contributed by atoms with Crippen LogP contribution in [-0.2, 0) is 4.79 Å². The summed E-state index contributed by atoms with van der Waals surface area (Å²) in [4.78, 5) is 24.9. The molecule has 1 saturated heterocycles. The first kappa shape index (κ1) is 13.8. The van der Waals surface area contributed by atoms with Crippen LogP contribution in [0.15, 0.2) is 16.9 Å². The molecule has 1 aromatic heterocycles. The molecule has 0 bridgehead atoms. The Morgan fingerprint density at radius 3 is 2.40 bits per heavy atom. The van der Waals surface area contributed by atoms with Gasteiger partial charge >= 0.3 is 0 Å². The molecule has 0 unspecified atom stereocenters. The molecule has 1 aliphatic heterocycles. The fraction of sp³-hybridized carbons (Fsp3) is 0.643. The zero-order valence-corrected chi connectivity index (χ0v) is 13.2. The van der Waals surface area contributed by atoms with Crippen molar-refractivity contribution in [2.45, 2.75) is 31.7 Å². The van der Waals surface area contributed by atoms with Gasteiger partial charge in [0.2, 0.25) is 11.9 Å². The number of carbonyl (C=O) groups excluding carboxylic acids is 1. The summed E-state index contributed by atoms with van der Waals surface area (Å²) in [5, 5.41) is 0. The molecule has 1 amide bonds. The van der Waals surface area contributed by atoms with Gasteiger partial charge in [-0.05, 0) is 41.6 Å². The number of carbonyl (C=O) groups is 1. The van der Waals surface area contributed by atoms with Gasteiger partial charge in [-0.25, -0.2) is 9.97 Å². The van der Waals surface area contributed by atoms with Gasteiger partial charge in [0.15, 0.2) is 0 Å². The van der Waals surface area contributed by atoms with Crippen LogP contribution >= 0.6 is 15.9 Å².